The molecule has 4 rings (SSSR count). The third-order valence-corrected chi connectivity index (χ3v) is 7.41. The molecule has 2 saturated heterocycles. The number of hydrogen-bond donors (Lipinski definition) is 1. The number of ether oxygens (including phenoxy) is 1. The molecule has 1 N–H and O–H groups in total. The van der Waals surface area contributed by atoms with Crippen LogP contribution in [0.15, 0.2) is 42.5 Å². The van der Waals surface area contributed by atoms with Crippen LogP contribution >= 0.6 is 0 Å². The maximum absolute atomic E-state index is 12.3. The number of rotatable bonds is 10. The van der Waals surface area contributed by atoms with Crippen molar-refractivity contribution in [1.82, 2.24) is 20.0 Å². The normalized spacial score (nSPS) is 19.1. The van der Waals surface area contributed by atoms with E-state index in [1.54, 1.807) is 0 Å². The first-order valence-electron chi connectivity index (χ1n) is 13.1. The average molecular weight is 507 g/mol. The molecule has 1 atom stereocenters. The zero-order chi connectivity index (χ0) is 26.4. The van der Waals surface area contributed by atoms with Crippen molar-refractivity contribution in [3.05, 3.63) is 64.7 Å². The average Bonchev–Trinajstić information content (AvgIpc) is 2.88. The monoisotopic (exact) mass is 506 g/mol. The van der Waals surface area contributed by atoms with Crippen molar-refractivity contribution in [1.29, 1.82) is 0 Å². The summed E-state index contributed by atoms with van der Waals surface area (Å²) in [7, 11) is 0. The Balaban J connectivity index is 1.35. The van der Waals surface area contributed by atoms with E-state index >= 15 is 0 Å². The molecule has 0 radical (unpaired) electrons. The summed E-state index contributed by atoms with van der Waals surface area (Å²) >= 11 is 0. The molecule has 2 fully saturated rings. The molecular weight excluding hydrogens is 468 g/mol. The van der Waals surface area contributed by atoms with Gasteiger partial charge in [0.1, 0.15) is 18.4 Å². The Labute approximate surface area is 219 Å². The number of piperazine rings is 1. The Morgan fingerprint density at radius 3 is 2.41 bits per heavy atom. The van der Waals surface area contributed by atoms with Gasteiger partial charge in [0, 0.05) is 50.7 Å². The molecule has 3 amide bonds. The quantitative estimate of drug-likeness (QED) is 0.394. The topological polar surface area (TPSA) is 82.2 Å². The zero-order valence-electron chi connectivity index (χ0n) is 22.1. The van der Waals surface area contributed by atoms with E-state index in [1.165, 1.54) is 10.5 Å². The van der Waals surface area contributed by atoms with Gasteiger partial charge in [-0.15, -0.1) is 0 Å². The molecule has 0 saturated carbocycles. The lowest BCUT2D eigenvalue weighted by Crippen LogP contribution is -2.51. The van der Waals surface area contributed by atoms with E-state index in [9.17, 15) is 14.4 Å². The van der Waals surface area contributed by atoms with Gasteiger partial charge in [0.25, 0.3) is 0 Å². The first-order chi connectivity index (χ1) is 17.8. The van der Waals surface area contributed by atoms with Gasteiger partial charge in [-0.2, -0.15) is 0 Å². The SMILES string of the molecule is Cc1cccc(OCc2ccc(CN3CCN(C(C)C)CC3)cc2)c1CN(C=O)C1CCC(=O)NC1=O. The molecular formula is C29H38N4O4. The molecule has 37 heavy (non-hydrogen) atoms. The Kier molecular flexibility index (Phi) is 8.95. The maximum atomic E-state index is 12.3. The highest BCUT2D eigenvalue weighted by atomic mass is 16.5. The van der Waals surface area contributed by atoms with Gasteiger partial charge >= 0.3 is 0 Å². The van der Waals surface area contributed by atoms with Crippen LogP contribution < -0.4 is 10.1 Å². The second kappa shape index (κ2) is 12.3. The van der Waals surface area contributed by atoms with Crippen molar-refractivity contribution in [3.63, 3.8) is 0 Å². The number of nitrogens with one attached hydrogen (secondary N) is 1. The van der Waals surface area contributed by atoms with Crippen molar-refractivity contribution in [3.8, 4) is 5.75 Å². The van der Waals surface area contributed by atoms with Crippen LogP contribution in [-0.4, -0.2) is 71.2 Å². The van der Waals surface area contributed by atoms with E-state index < -0.39 is 11.9 Å². The van der Waals surface area contributed by atoms with Gasteiger partial charge in [-0.25, -0.2) is 0 Å². The van der Waals surface area contributed by atoms with E-state index in [0.717, 1.165) is 49.4 Å². The zero-order valence-corrected chi connectivity index (χ0v) is 22.1. The van der Waals surface area contributed by atoms with Gasteiger partial charge in [0.05, 0.1) is 6.54 Å². The summed E-state index contributed by atoms with van der Waals surface area (Å²) in [6, 6.07) is 14.3. The predicted molar refractivity (Wildman–Crippen MR) is 142 cm³/mol. The number of amides is 3. The second-order valence-electron chi connectivity index (χ2n) is 10.3. The Morgan fingerprint density at radius 2 is 1.76 bits per heavy atom. The van der Waals surface area contributed by atoms with Crippen molar-refractivity contribution >= 4 is 18.2 Å². The van der Waals surface area contributed by atoms with E-state index in [1.807, 2.05) is 25.1 Å². The number of carbonyl (C=O) groups is 3. The third kappa shape index (κ3) is 6.96. The number of imide groups is 1. The summed E-state index contributed by atoms with van der Waals surface area (Å²) in [5.41, 5.74) is 4.20. The van der Waals surface area contributed by atoms with Crippen molar-refractivity contribution in [2.24, 2.45) is 0 Å². The Bertz CT molecular complexity index is 1090. The van der Waals surface area contributed by atoms with Gasteiger partial charge in [-0.1, -0.05) is 36.4 Å². The number of benzene rings is 2. The lowest BCUT2D eigenvalue weighted by atomic mass is 10.0. The minimum Gasteiger partial charge on any atom is -0.489 e. The summed E-state index contributed by atoms with van der Waals surface area (Å²) < 4.78 is 6.19. The lowest BCUT2D eigenvalue weighted by molar-refractivity contribution is -0.141. The molecule has 0 aromatic heterocycles. The molecule has 0 bridgehead atoms. The van der Waals surface area contributed by atoms with Crippen LogP contribution in [0, 0.1) is 6.92 Å². The number of aryl methyl sites for hydroxylation is 1. The Hall–Kier alpha value is -3.23. The minimum absolute atomic E-state index is 0.224. The fourth-order valence-electron chi connectivity index (χ4n) is 5.01. The van der Waals surface area contributed by atoms with Crippen LogP contribution in [0.2, 0.25) is 0 Å². The first-order valence-corrected chi connectivity index (χ1v) is 13.1. The molecule has 2 aliphatic rings. The molecule has 8 heteroatoms. The van der Waals surface area contributed by atoms with Gasteiger partial charge in [-0.05, 0) is 49.9 Å². The molecule has 2 aromatic rings. The van der Waals surface area contributed by atoms with Crippen LogP contribution in [-0.2, 0) is 34.1 Å². The molecule has 0 aliphatic carbocycles. The van der Waals surface area contributed by atoms with E-state index in [-0.39, 0.29) is 18.9 Å². The summed E-state index contributed by atoms with van der Waals surface area (Å²) in [5, 5.41) is 2.33. The summed E-state index contributed by atoms with van der Waals surface area (Å²) in [6.45, 7) is 12.5. The molecule has 198 valence electrons. The van der Waals surface area contributed by atoms with E-state index in [4.69, 9.17) is 4.74 Å². The standard InChI is InChI=1S/C29H38N4O4/c1-21(2)32-15-13-31(14-16-32)17-23-7-9-24(10-8-23)19-37-27-6-4-5-22(3)25(27)18-33(20-34)26-11-12-28(35)30-29(26)36/h4-10,20-21,26H,11-19H2,1-3H3,(H,30,35,36). The fourth-order valence-corrected chi connectivity index (χ4v) is 5.01. The first kappa shape index (κ1) is 26.8. The predicted octanol–water partition coefficient (Wildman–Crippen LogP) is 2.86. The highest BCUT2D eigenvalue weighted by Gasteiger charge is 2.31. The number of carbonyl (C=O) groups excluding carboxylic acids is 3. The summed E-state index contributed by atoms with van der Waals surface area (Å²) in [4.78, 5) is 42.2. The largest absolute Gasteiger partial charge is 0.489 e. The van der Waals surface area contributed by atoms with Crippen molar-refractivity contribution < 1.29 is 19.1 Å². The van der Waals surface area contributed by atoms with Crippen molar-refractivity contribution in [2.75, 3.05) is 26.2 Å². The molecule has 2 aliphatic heterocycles. The third-order valence-electron chi connectivity index (χ3n) is 7.41. The smallest absolute Gasteiger partial charge is 0.249 e. The van der Waals surface area contributed by atoms with E-state index in [2.05, 4.69) is 53.2 Å². The van der Waals surface area contributed by atoms with Crippen molar-refractivity contribution in [2.45, 2.75) is 65.4 Å². The second-order valence-corrected chi connectivity index (χ2v) is 10.3. The summed E-state index contributed by atoms with van der Waals surface area (Å²) in [6.07, 6.45) is 1.23. The number of piperidine rings is 1. The van der Waals surface area contributed by atoms with Gasteiger partial charge in [-0.3, -0.25) is 29.5 Å². The minimum atomic E-state index is -0.663. The van der Waals surface area contributed by atoms with Crippen LogP contribution in [0.5, 0.6) is 5.75 Å². The van der Waals surface area contributed by atoms with Crippen LogP contribution in [0.1, 0.15) is 48.9 Å². The molecule has 8 nitrogen and oxygen atoms in total. The van der Waals surface area contributed by atoms with E-state index in [0.29, 0.717) is 31.2 Å². The molecule has 2 heterocycles. The van der Waals surface area contributed by atoms with Gasteiger partial charge < -0.3 is 9.64 Å². The molecule has 2 aromatic carbocycles. The van der Waals surface area contributed by atoms with Gasteiger partial charge in [0.2, 0.25) is 18.2 Å². The fraction of sp³-hybridized carbons (Fsp3) is 0.483. The van der Waals surface area contributed by atoms with Gasteiger partial charge in [0.15, 0.2) is 0 Å². The molecule has 0 spiro atoms. The van der Waals surface area contributed by atoms with Crippen LogP contribution in [0.3, 0.4) is 0 Å². The lowest BCUT2D eigenvalue weighted by Gasteiger charge is -2.36. The molecule has 1 unspecified atom stereocenters. The Morgan fingerprint density at radius 1 is 1.05 bits per heavy atom. The summed E-state index contributed by atoms with van der Waals surface area (Å²) in [5.74, 6) is -0.0423. The maximum Gasteiger partial charge on any atom is 0.249 e. The number of nitrogens with zero attached hydrogens (tertiary/aromatic N) is 3. The highest BCUT2D eigenvalue weighted by Crippen LogP contribution is 2.26. The van der Waals surface area contributed by atoms with Crippen LogP contribution in [0.4, 0.5) is 0 Å². The highest BCUT2D eigenvalue weighted by molar-refractivity contribution is 6.00. The van der Waals surface area contributed by atoms with Crippen LogP contribution in [0.25, 0.3) is 0 Å². The number of hydrogen-bond acceptors (Lipinski definition) is 6.